The number of amides is 1. The first-order valence-corrected chi connectivity index (χ1v) is 8.32. The lowest BCUT2D eigenvalue weighted by molar-refractivity contribution is -0.114. The maximum atomic E-state index is 11.4. The van der Waals surface area contributed by atoms with Crippen molar-refractivity contribution >= 4 is 34.7 Å². The van der Waals surface area contributed by atoms with Crippen molar-refractivity contribution in [3.8, 4) is 0 Å². The molecule has 8 heteroatoms. The maximum Gasteiger partial charge on any atom is 0.221 e. The molecule has 1 amide bonds. The van der Waals surface area contributed by atoms with Gasteiger partial charge in [-0.2, -0.15) is 5.10 Å². The third-order valence-corrected chi connectivity index (χ3v) is 3.67. The van der Waals surface area contributed by atoms with E-state index in [1.165, 1.54) is 6.92 Å². The number of rotatable bonds is 6. The molecule has 0 aliphatic rings. The molecular formula is C18H21N7O. The average molecular weight is 351 g/mol. The summed E-state index contributed by atoms with van der Waals surface area (Å²) < 4.78 is 0. The van der Waals surface area contributed by atoms with Gasteiger partial charge in [-0.05, 0) is 31.0 Å². The second-order valence-electron chi connectivity index (χ2n) is 5.88. The van der Waals surface area contributed by atoms with Crippen LogP contribution in [0.2, 0.25) is 0 Å². The third-order valence-electron chi connectivity index (χ3n) is 3.67. The lowest BCUT2D eigenvalue weighted by atomic mass is 10.1. The first kappa shape index (κ1) is 17.4. The van der Waals surface area contributed by atoms with Crippen LogP contribution in [0, 0.1) is 6.92 Å². The Morgan fingerprint density at radius 2 is 1.88 bits per heavy atom. The zero-order valence-corrected chi connectivity index (χ0v) is 14.9. The van der Waals surface area contributed by atoms with E-state index >= 15 is 0 Å². The van der Waals surface area contributed by atoms with Crippen LogP contribution in [0.4, 0.5) is 28.8 Å². The molecular weight excluding hydrogens is 330 g/mol. The Hall–Kier alpha value is -3.42. The lowest BCUT2D eigenvalue weighted by Gasteiger charge is -2.12. The Morgan fingerprint density at radius 1 is 1.12 bits per heavy atom. The molecule has 134 valence electrons. The van der Waals surface area contributed by atoms with Crippen molar-refractivity contribution in [1.82, 2.24) is 20.2 Å². The molecule has 8 nitrogen and oxygen atoms in total. The Bertz CT molecular complexity index is 919. The van der Waals surface area contributed by atoms with Gasteiger partial charge in [0.2, 0.25) is 5.91 Å². The Morgan fingerprint density at radius 3 is 2.54 bits per heavy atom. The molecule has 0 unspecified atom stereocenters. The number of benzene rings is 1. The predicted molar refractivity (Wildman–Crippen MR) is 102 cm³/mol. The molecule has 3 aromatic rings. The van der Waals surface area contributed by atoms with Gasteiger partial charge >= 0.3 is 0 Å². The molecule has 0 aliphatic carbocycles. The molecule has 0 radical (unpaired) electrons. The molecule has 2 aromatic heterocycles. The van der Waals surface area contributed by atoms with Crippen molar-refractivity contribution in [2.45, 2.75) is 27.2 Å². The van der Waals surface area contributed by atoms with Crippen molar-refractivity contribution in [3.63, 3.8) is 0 Å². The number of carbonyl (C=O) groups is 1. The fourth-order valence-corrected chi connectivity index (χ4v) is 2.52. The van der Waals surface area contributed by atoms with E-state index in [0.29, 0.717) is 17.5 Å². The van der Waals surface area contributed by atoms with Crippen LogP contribution in [-0.2, 0) is 11.2 Å². The van der Waals surface area contributed by atoms with E-state index < -0.39 is 0 Å². The van der Waals surface area contributed by atoms with Gasteiger partial charge in [0.25, 0.3) is 0 Å². The quantitative estimate of drug-likeness (QED) is 0.541. The van der Waals surface area contributed by atoms with E-state index in [2.05, 4.69) is 36.1 Å². The van der Waals surface area contributed by atoms with Gasteiger partial charge in [-0.1, -0.05) is 13.0 Å². The molecule has 26 heavy (non-hydrogen) atoms. The molecule has 0 saturated heterocycles. The zero-order chi connectivity index (χ0) is 18.5. The molecule has 2 heterocycles. The Kier molecular flexibility index (Phi) is 5.12. The van der Waals surface area contributed by atoms with Crippen molar-refractivity contribution in [3.05, 3.63) is 47.9 Å². The lowest BCUT2D eigenvalue weighted by Crippen LogP contribution is -2.08. The highest BCUT2D eigenvalue weighted by Gasteiger charge is 2.06. The van der Waals surface area contributed by atoms with Crippen molar-refractivity contribution in [2.24, 2.45) is 0 Å². The van der Waals surface area contributed by atoms with Crippen LogP contribution in [0.15, 0.2) is 36.7 Å². The number of hydrogen-bond acceptors (Lipinski definition) is 6. The van der Waals surface area contributed by atoms with Gasteiger partial charge in [0.1, 0.15) is 0 Å². The van der Waals surface area contributed by atoms with Gasteiger partial charge in [0.05, 0.1) is 12.4 Å². The van der Waals surface area contributed by atoms with E-state index in [-0.39, 0.29) is 5.91 Å². The van der Waals surface area contributed by atoms with Crippen molar-refractivity contribution < 1.29 is 4.79 Å². The summed E-state index contributed by atoms with van der Waals surface area (Å²) in [6.07, 6.45) is 4.09. The molecule has 4 N–H and O–H groups in total. The first-order valence-electron chi connectivity index (χ1n) is 8.32. The summed E-state index contributed by atoms with van der Waals surface area (Å²) in [6.45, 7) is 5.47. The standard InChI is InChI=1S/C18H21N7O/c1-4-13-5-6-14(8-15(13)20-12(3)26)21-17-9-19-10-18(23-17)22-16-7-11(2)24-25-16/h5-10H,4H2,1-3H3,(H,20,26)(H3,21,22,23,24,25). The number of hydrogen-bond donors (Lipinski definition) is 4. The summed E-state index contributed by atoms with van der Waals surface area (Å²) in [4.78, 5) is 20.1. The van der Waals surface area contributed by atoms with Crippen LogP contribution in [0.1, 0.15) is 25.1 Å². The average Bonchev–Trinajstić information content (AvgIpc) is 3.00. The third kappa shape index (κ3) is 4.35. The highest BCUT2D eigenvalue weighted by molar-refractivity contribution is 5.90. The zero-order valence-electron chi connectivity index (χ0n) is 14.9. The van der Waals surface area contributed by atoms with Gasteiger partial charge in [-0.3, -0.25) is 14.9 Å². The van der Waals surface area contributed by atoms with Crippen LogP contribution in [-0.4, -0.2) is 26.1 Å². The number of nitrogens with one attached hydrogen (secondary N) is 4. The number of aromatic nitrogens is 4. The number of carbonyl (C=O) groups excluding carboxylic acids is 1. The summed E-state index contributed by atoms with van der Waals surface area (Å²) in [6, 6.07) is 7.70. The molecule has 0 spiro atoms. The highest BCUT2D eigenvalue weighted by Crippen LogP contribution is 2.24. The van der Waals surface area contributed by atoms with Crippen LogP contribution < -0.4 is 16.0 Å². The summed E-state index contributed by atoms with van der Waals surface area (Å²) in [5.41, 5.74) is 3.63. The smallest absolute Gasteiger partial charge is 0.221 e. The minimum Gasteiger partial charge on any atom is -0.339 e. The van der Waals surface area contributed by atoms with E-state index in [0.717, 1.165) is 29.1 Å². The van der Waals surface area contributed by atoms with Crippen molar-refractivity contribution in [2.75, 3.05) is 16.0 Å². The van der Waals surface area contributed by atoms with Crippen LogP contribution in [0.25, 0.3) is 0 Å². The largest absolute Gasteiger partial charge is 0.339 e. The SMILES string of the molecule is CCc1ccc(Nc2cncc(Nc3cc(C)[nH]n3)n2)cc1NC(C)=O. The summed E-state index contributed by atoms with van der Waals surface area (Å²) in [7, 11) is 0. The van der Waals surface area contributed by atoms with Gasteiger partial charge in [0, 0.05) is 30.1 Å². The van der Waals surface area contributed by atoms with Crippen molar-refractivity contribution in [1.29, 1.82) is 0 Å². The summed E-state index contributed by atoms with van der Waals surface area (Å²) in [5.74, 6) is 1.74. The topological polar surface area (TPSA) is 108 Å². The first-order chi connectivity index (χ1) is 12.5. The van der Waals surface area contributed by atoms with Gasteiger partial charge < -0.3 is 16.0 Å². The number of aryl methyl sites for hydroxylation is 2. The number of aromatic amines is 1. The fraction of sp³-hybridized carbons (Fsp3) is 0.222. The second-order valence-corrected chi connectivity index (χ2v) is 5.88. The van der Waals surface area contributed by atoms with Crippen LogP contribution >= 0.6 is 0 Å². The number of nitrogens with zero attached hydrogens (tertiary/aromatic N) is 3. The van der Waals surface area contributed by atoms with Gasteiger partial charge in [-0.25, -0.2) is 4.98 Å². The molecule has 0 fully saturated rings. The number of anilines is 5. The van der Waals surface area contributed by atoms with E-state index in [1.807, 2.05) is 38.1 Å². The molecule has 3 rings (SSSR count). The molecule has 0 bridgehead atoms. The highest BCUT2D eigenvalue weighted by atomic mass is 16.1. The normalized spacial score (nSPS) is 10.4. The van der Waals surface area contributed by atoms with Gasteiger partial charge in [-0.15, -0.1) is 0 Å². The minimum absolute atomic E-state index is 0.0999. The Balaban J connectivity index is 1.78. The maximum absolute atomic E-state index is 11.4. The summed E-state index contributed by atoms with van der Waals surface area (Å²) in [5, 5.41) is 16.1. The summed E-state index contributed by atoms with van der Waals surface area (Å²) >= 11 is 0. The van der Waals surface area contributed by atoms with E-state index in [4.69, 9.17) is 0 Å². The molecule has 0 saturated carbocycles. The molecule has 1 aromatic carbocycles. The predicted octanol–water partition coefficient (Wildman–Crippen LogP) is 3.52. The number of H-pyrrole nitrogens is 1. The molecule has 0 atom stereocenters. The minimum atomic E-state index is -0.0999. The van der Waals surface area contributed by atoms with E-state index in [9.17, 15) is 4.79 Å². The van der Waals surface area contributed by atoms with Gasteiger partial charge in [0.15, 0.2) is 17.5 Å². The Labute approximate surface area is 151 Å². The fourth-order valence-electron chi connectivity index (χ4n) is 2.52. The molecule has 0 aliphatic heterocycles. The second kappa shape index (κ2) is 7.64. The van der Waals surface area contributed by atoms with E-state index in [1.54, 1.807) is 12.4 Å². The van der Waals surface area contributed by atoms with Crippen LogP contribution in [0.3, 0.4) is 0 Å². The monoisotopic (exact) mass is 351 g/mol. The van der Waals surface area contributed by atoms with Crippen LogP contribution in [0.5, 0.6) is 0 Å².